The molecule has 0 unspecified atom stereocenters. The quantitative estimate of drug-likeness (QED) is 0.505. The second-order valence-electron chi connectivity index (χ2n) is 6.77. The van der Waals surface area contributed by atoms with Crippen molar-refractivity contribution in [2.24, 2.45) is 0 Å². The maximum Gasteiger partial charge on any atom is 3.00 e. The second kappa shape index (κ2) is 6.04. The molecule has 0 atom stereocenters. The molecule has 1 amide bonds. The van der Waals surface area contributed by atoms with Crippen LogP contribution in [0.15, 0.2) is 60.7 Å². The molecule has 0 radical (unpaired) electrons. The van der Waals surface area contributed by atoms with Gasteiger partial charge in [0.2, 0.25) is 0 Å². The van der Waals surface area contributed by atoms with Crippen molar-refractivity contribution in [3.05, 3.63) is 99.4 Å². The fraction of sp³-hybridized carbons (Fsp3) is 0.136. The average Bonchev–Trinajstić information content (AvgIpc) is 2.88. The van der Waals surface area contributed by atoms with Crippen molar-refractivity contribution >= 4 is 5.91 Å². The third kappa shape index (κ3) is 2.24. The Morgan fingerprint density at radius 3 is 2.00 bits per heavy atom. The van der Waals surface area contributed by atoms with Gasteiger partial charge in [-0.2, -0.15) is 0 Å². The van der Waals surface area contributed by atoms with Crippen molar-refractivity contribution in [3.63, 3.8) is 0 Å². The van der Waals surface area contributed by atoms with Gasteiger partial charge in [-0.3, -0.25) is 0 Å². The summed E-state index contributed by atoms with van der Waals surface area (Å²) in [6.07, 6.45) is 0. The Morgan fingerprint density at radius 2 is 1.38 bits per heavy atom. The van der Waals surface area contributed by atoms with Gasteiger partial charge in [0, 0.05) is 5.56 Å². The Labute approximate surface area is 177 Å². The van der Waals surface area contributed by atoms with Crippen LogP contribution in [-0.4, -0.2) is 5.91 Å². The monoisotopic (exact) mass is 415 g/mol. The first-order chi connectivity index (χ1) is 12.1. The number of benzene rings is 3. The van der Waals surface area contributed by atoms with Gasteiger partial charge in [0.05, 0.1) is 5.91 Å². The average molecular weight is 415 g/mol. The predicted molar refractivity (Wildman–Crippen MR) is 96.4 cm³/mol. The van der Waals surface area contributed by atoms with E-state index < -0.39 is 5.54 Å². The number of carbonyl (C=O) groups is 1. The largest absolute Gasteiger partial charge is 3.00 e. The molecule has 26 heavy (non-hydrogen) atoms. The van der Waals surface area contributed by atoms with Crippen LogP contribution in [0.2, 0.25) is 0 Å². The number of hydrogen-bond donors (Lipinski definition) is 0. The summed E-state index contributed by atoms with van der Waals surface area (Å²) in [5.74, 6) is 1.37. The normalized spacial score (nSPS) is 15.2. The molecule has 3 nitrogen and oxygen atoms in total. The number of carbonyl (C=O) groups excluding carboxylic acids is 1. The molecule has 4 heteroatoms. The summed E-state index contributed by atoms with van der Waals surface area (Å²) in [6, 6.07) is 19.9. The molecule has 0 saturated carbocycles. The minimum atomic E-state index is -0.821. The van der Waals surface area contributed by atoms with Crippen LogP contribution in [0, 0.1) is 13.8 Å². The topological polar surface area (TPSA) is 40.4 Å². The Balaban J connectivity index is 0.00000168. The molecule has 3 aromatic carbocycles. The molecule has 2 aliphatic rings. The molecule has 0 N–H and O–H groups in total. The second-order valence-corrected chi connectivity index (χ2v) is 6.77. The summed E-state index contributed by atoms with van der Waals surface area (Å²) in [7, 11) is 0. The van der Waals surface area contributed by atoms with Crippen LogP contribution in [0.25, 0.3) is 5.32 Å². The summed E-state index contributed by atoms with van der Waals surface area (Å²) >= 11 is 0. The third-order valence-corrected chi connectivity index (χ3v) is 5.09. The first-order valence-electron chi connectivity index (χ1n) is 8.36. The molecular formula is C22H16NO2Y+2. The van der Waals surface area contributed by atoms with Gasteiger partial charge in [-0.15, -0.1) is 0 Å². The van der Waals surface area contributed by atoms with Gasteiger partial charge >= 0.3 is 32.7 Å². The van der Waals surface area contributed by atoms with Gasteiger partial charge in [0.1, 0.15) is 11.5 Å². The molecular weight excluding hydrogens is 399 g/mol. The zero-order chi connectivity index (χ0) is 17.2. The summed E-state index contributed by atoms with van der Waals surface area (Å²) in [4.78, 5) is 12.7. The number of rotatable bonds is 0. The van der Waals surface area contributed by atoms with E-state index in [2.05, 4.69) is 5.32 Å². The Morgan fingerprint density at radius 1 is 0.808 bits per heavy atom. The van der Waals surface area contributed by atoms with Crippen molar-refractivity contribution in [2.75, 3.05) is 0 Å². The van der Waals surface area contributed by atoms with E-state index in [-0.39, 0.29) is 38.6 Å². The van der Waals surface area contributed by atoms with Crippen LogP contribution in [-0.2, 0) is 38.2 Å². The molecule has 0 fully saturated rings. The molecule has 0 aromatic heterocycles. The van der Waals surface area contributed by atoms with Crippen molar-refractivity contribution in [1.82, 2.24) is 0 Å². The first kappa shape index (κ1) is 17.4. The molecule has 0 bridgehead atoms. The molecule has 0 aliphatic carbocycles. The smallest absolute Gasteiger partial charge is 0.633 e. The molecule has 3 aromatic rings. The number of ether oxygens (including phenoxy) is 1. The van der Waals surface area contributed by atoms with Crippen LogP contribution in [0.3, 0.4) is 0 Å². The third-order valence-electron chi connectivity index (χ3n) is 5.09. The van der Waals surface area contributed by atoms with E-state index in [1.807, 2.05) is 74.5 Å². The Hall–Kier alpha value is -1.97. The van der Waals surface area contributed by atoms with Gasteiger partial charge < -0.3 is 14.8 Å². The molecule has 2 heterocycles. The number of nitrogens with zero attached hydrogens (tertiary/aromatic N) is 1. The minimum absolute atomic E-state index is 0. The Kier molecular flexibility index (Phi) is 4.05. The first-order valence-corrected chi connectivity index (χ1v) is 8.36. The van der Waals surface area contributed by atoms with E-state index in [1.165, 1.54) is 0 Å². The van der Waals surface area contributed by atoms with Crippen molar-refractivity contribution < 1.29 is 42.2 Å². The number of aryl methyl sites for hydroxylation is 2. The maximum atomic E-state index is 12.7. The minimum Gasteiger partial charge on any atom is -0.633 e. The van der Waals surface area contributed by atoms with Crippen molar-refractivity contribution in [3.8, 4) is 11.5 Å². The summed E-state index contributed by atoms with van der Waals surface area (Å²) in [5, 5.41) is 4.67. The fourth-order valence-electron chi connectivity index (χ4n) is 3.96. The molecule has 2 aliphatic heterocycles. The van der Waals surface area contributed by atoms with Gasteiger partial charge in [0.25, 0.3) is 0 Å². The maximum absolute atomic E-state index is 12.7. The van der Waals surface area contributed by atoms with Crippen LogP contribution >= 0.6 is 0 Å². The molecule has 1 spiro atoms. The number of fused-ring (bicyclic) bond motifs is 6. The van der Waals surface area contributed by atoms with E-state index in [0.717, 1.165) is 39.3 Å². The molecule has 122 valence electrons. The Bertz CT molecular complexity index is 1010. The van der Waals surface area contributed by atoms with Crippen LogP contribution in [0.5, 0.6) is 11.5 Å². The van der Waals surface area contributed by atoms with E-state index in [9.17, 15) is 4.79 Å². The van der Waals surface area contributed by atoms with Crippen LogP contribution < -0.4 is 4.74 Å². The van der Waals surface area contributed by atoms with Gasteiger partial charge in [0.15, 0.2) is 0 Å². The number of amides is 1. The van der Waals surface area contributed by atoms with Gasteiger partial charge in [-0.05, 0) is 59.3 Å². The van der Waals surface area contributed by atoms with E-state index >= 15 is 0 Å². The fourth-order valence-corrected chi connectivity index (χ4v) is 3.96. The summed E-state index contributed by atoms with van der Waals surface area (Å²) < 4.78 is 6.20. The molecule has 0 saturated heterocycles. The van der Waals surface area contributed by atoms with Gasteiger partial charge in [-0.1, -0.05) is 48.5 Å². The van der Waals surface area contributed by atoms with Gasteiger partial charge in [-0.25, -0.2) is 0 Å². The predicted octanol–water partition coefficient (Wildman–Crippen LogP) is 5.23. The standard InChI is InChI=1S/C22H17NO2.Y/c1-13-7-9-17-19(11-13)25-20-12-14(2)8-10-18(20)22(17)16-6-4-3-5-15(16)21(24)23-22;/h3-12H,1-2H3,(H,23,24);/q;+3/p-1. The van der Waals surface area contributed by atoms with E-state index in [4.69, 9.17) is 4.74 Å². The van der Waals surface area contributed by atoms with Crippen molar-refractivity contribution in [1.29, 1.82) is 0 Å². The summed E-state index contributed by atoms with van der Waals surface area (Å²) in [5.41, 5.74) is 4.85. The van der Waals surface area contributed by atoms with Crippen LogP contribution in [0.1, 0.15) is 38.2 Å². The van der Waals surface area contributed by atoms with E-state index in [0.29, 0.717) is 5.56 Å². The zero-order valence-corrected chi connectivity index (χ0v) is 17.5. The van der Waals surface area contributed by atoms with Crippen LogP contribution in [0.4, 0.5) is 0 Å². The summed E-state index contributed by atoms with van der Waals surface area (Å²) in [6.45, 7) is 4.07. The number of hydrogen-bond acceptors (Lipinski definition) is 2. The molecule has 5 rings (SSSR count). The SMILES string of the molecule is Cc1ccc2c(c1)Oc1cc(C)ccc1C21[N-]C(=O)c2ccccc21.[Y+3]. The van der Waals surface area contributed by atoms with E-state index in [1.54, 1.807) is 0 Å². The zero-order valence-electron chi connectivity index (χ0n) is 14.6. The van der Waals surface area contributed by atoms with Crippen molar-refractivity contribution in [2.45, 2.75) is 19.4 Å².